The van der Waals surface area contributed by atoms with E-state index in [4.69, 9.17) is 24.7 Å². The molecule has 6 nitrogen and oxygen atoms in total. The topological polar surface area (TPSA) is 83.4 Å². The van der Waals surface area contributed by atoms with Crippen molar-refractivity contribution in [3.63, 3.8) is 0 Å². The molecule has 36 heavy (non-hydrogen) atoms. The highest BCUT2D eigenvalue weighted by atomic mass is 16.5. The van der Waals surface area contributed by atoms with Gasteiger partial charge in [-0.1, -0.05) is 44.1 Å². The molecule has 1 atom stereocenters. The zero-order chi connectivity index (χ0) is 25.1. The third-order valence-corrected chi connectivity index (χ3v) is 6.80. The molecule has 0 bridgehead atoms. The van der Waals surface area contributed by atoms with Crippen LogP contribution in [0.4, 0.5) is 5.82 Å². The normalized spacial score (nSPS) is 15.8. The molecule has 0 spiro atoms. The van der Waals surface area contributed by atoms with E-state index in [1.807, 2.05) is 48.5 Å². The molecule has 188 valence electrons. The molecule has 1 unspecified atom stereocenters. The van der Waals surface area contributed by atoms with E-state index in [2.05, 4.69) is 38.1 Å². The number of hydrogen-bond donors (Lipinski definition) is 1. The van der Waals surface area contributed by atoms with Crippen molar-refractivity contribution in [1.29, 1.82) is 0 Å². The van der Waals surface area contributed by atoms with Gasteiger partial charge in [-0.05, 0) is 78.5 Å². The highest BCUT2D eigenvalue weighted by molar-refractivity contribution is 5.83. The number of fused-ring (bicyclic) bond motifs is 1. The maximum atomic E-state index is 6.58. The van der Waals surface area contributed by atoms with Crippen molar-refractivity contribution in [3.8, 4) is 11.5 Å². The quantitative estimate of drug-likeness (QED) is 0.305. The number of para-hydroxylation sites is 1. The van der Waals surface area contributed by atoms with Crippen LogP contribution >= 0.6 is 0 Å². The summed E-state index contributed by atoms with van der Waals surface area (Å²) in [6, 6.07) is 20.0. The number of nitrogens with zero attached hydrogens (tertiary/aromatic N) is 2. The average molecular weight is 486 g/mol. The fourth-order valence-corrected chi connectivity index (χ4v) is 5.12. The third-order valence-electron chi connectivity index (χ3n) is 6.80. The molecule has 1 saturated heterocycles. The van der Waals surface area contributed by atoms with Gasteiger partial charge in [0.05, 0.1) is 11.2 Å². The second-order valence-corrected chi connectivity index (χ2v) is 11.0. The molecule has 0 radical (unpaired) electrons. The Kier molecular flexibility index (Phi) is 6.97. The first kappa shape index (κ1) is 24.3. The smallest absolute Gasteiger partial charge is 0.137 e. The number of benzene rings is 2. The number of anilines is 1. The molecule has 2 N–H and O–H groups in total. The lowest BCUT2D eigenvalue weighted by Gasteiger charge is -2.30. The monoisotopic (exact) mass is 485 g/mol. The summed E-state index contributed by atoms with van der Waals surface area (Å²) in [6.07, 6.45) is 3.59. The SMILES string of the molecule is CC(C)(C)Cc1cc(CC(c2cc3cc(Oc4ccccc4)ccc3nc2N)C2CCOCC2)on1. The van der Waals surface area contributed by atoms with Gasteiger partial charge in [-0.2, -0.15) is 0 Å². The molecule has 6 heteroatoms. The van der Waals surface area contributed by atoms with Crippen LogP contribution in [-0.2, 0) is 17.6 Å². The van der Waals surface area contributed by atoms with Gasteiger partial charge in [0.15, 0.2) is 0 Å². The van der Waals surface area contributed by atoms with Gasteiger partial charge in [-0.15, -0.1) is 0 Å². The van der Waals surface area contributed by atoms with Crippen LogP contribution in [0.2, 0.25) is 0 Å². The maximum Gasteiger partial charge on any atom is 0.137 e. The predicted octanol–water partition coefficient (Wildman–Crippen LogP) is 6.94. The molecule has 0 aliphatic carbocycles. The van der Waals surface area contributed by atoms with Crippen LogP contribution in [0, 0.1) is 11.3 Å². The lowest BCUT2D eigenvalue weighted by atomic mass is 9.78. The van der Waals surface area contributed by atoms with E-state index >= 15 is 0 Å². The second kappa shape index (κ2) is 10.3. The largest absolute Gasteiger partial charge is 0.457 e. The predicted molar refractivity (Wildman–Crippen MR) is 142 cm³/mol. The zero-order valence-electron chi connectivity index (χ0n) is 21.4. The van der Waals surface area contributed by atoms with Crippen LogP contribution in [-0.4, -0.2) is 23.4 Å². The van der Waals surface area contributed by atoms with Gasteiger partial charge >= 0.3 is 0 Å². The summed E-state index contributed by atoms with van der Waals surface area (Å²) in [5.74, 6) is 3.64. The van der Waals surface area contributed by atoms with Crippen LogP contribution in [0.25, 0.3) is 10.9 Å². The van der Waals surface area contributed by atoms with E-state index in [9.17, 15) is 0 Å². The fourth-order valence-electron chi connectivity index (χ4n) is 5.12. The Morgan fingerprint density at radius 2 is 1.78 bits per heavy atom. The molecular formula is C30H35N3O3. The standard InChI is InChI=1S/C30H35N3O3/c1-30(2,3)19-22-17-25(36-33-22)18-26(20-11-13-34-14-12-20)27-16-21-15-24(9-10-28(21)32-29(27)31)35-23-7-5-4-6-8-23/h4-10,15-17,20,26H,11-14,18-19H2,1-3H3,(H2,31,32). The minimum Gasteiger partial charge on any atom is -0.457 e. The van der Waals surface area contributed by atoms with Crippen molar-refractivity contribution < 1.29 is 14.0 Å². The van der Waals surface area contributed by atoms with Crippen molar-refractivity contribution in [1.82, 2.24) is 10.1 Å². The summed E-state index contributed by atoms with van der Waals surface area (Å²) in [6.45, 7) is 8.17. The fraction of sp³-hybridized carbons (Fsp3) is 0.400. The molecule has 1 aliphatic rings. The Labute approximate surface area is 212 Å². The number of pyridine rings is 1. The Bertz CT molecular complexity index is 1300. The molecule has 2 aromatic carbocycles. The van der Waals surface area contributed by atoms with Gasteiger partial charge in [0.1, 0.15) is 23.1 Å². The second-order valence-electron chi connectivity index (χ2n) is 11.0. The van der Waals surface area contributed by atoms with Crippen LogP contribution in [0.3, 0.4) is 0 Å². The summed E-state index contributed by atoms with van der Waals surface area (Å²) in [4.78, 5) is 4.78. The van der Waals surface area contributed by atoms with Crippen LogP contribution < -0.4 is 10.5 Å². The molecular weight excluding hydrogens is 450 g/mol. The maximum absolute atomic E-state index is 6.58. The van der Waals surface area contributed by atoms with Gasteiger partial charge in [0.25, 0.3) is 0 Å². The van der Waals surface area contributed by atoms with Gasteiger partial charge < -0.3 is 19.7 Å². The Hall–Kier alpha value is -3.38. The lowest BCUT2D eigenvalue weighted by molar-refractivity contribution is 0.0570. The highest BCUT2D eigenvalue weighted by Crippen LogP contribution is 2.39. The van der Waals surface area contributed by atoms with E-state index in [1.165, 1.54) is 0 Å². The van der Waals surface area contributed by atoms with Crippen LogP contribution in [0.5, 0.6) is 11.5 Å². The Morgan fingerprint density at radius 1 is 1.00 bits per heavy atom. The van der Waals surface area contributed by atoms with Gasteiger partial charge in [-0.3, -0.25) is 0 Å². The summed E-state index contributed by atoms with van der Waals surface area (Å²) in [7, 11) is 0. The molecule has 0 amide bonds. The highest BCUT2D eigenvalue weighted by Gasteiger charge is 2.29. The van der Waals surface area contributed by atoms with Crippen molar-refractivity contribution in [3.05, 3.63) is 77.7 Å². The van der Waals surface area contributed by atoms with Crippen LogP contribution in [0.15, 0.2) is 65.2 Å². The van der Waals surface area contributed by atoms with E-state index < -0.39 is 0 Å². The molecule has 0 saturated carbocycles. The minimum absolute atomic E-state index is 0.153. The molecule has 1 aliphatic heterocycles. The Morgan fingerprint density at radius 3 is 2.53 bits per heavy atom. The third kappa shape index (κ3) is 5.88. The van der Waals surface area contributed by atoms with E-state index in [0.717, 1.165) is 78.3 Å². The van der Waals surface area contributed by atoms with E-state index in [0.29, 0.717) is 11.7 Å². The van der Waals surface area contributed by atoms with Crippen molar-refractivity contribution in [2.45, 2.75) is 52.4 Å². The molecule has 4 aromatic rings. The Balaban J connectivity index is 1.47. The number of hydrogen-bond acceptors (Lipinski definition) is 6. The van der Waals surface area contributed by atoms with Crippen LogP contribution in [0.1, 0.15) is 56.5 Å². The molecule has 1 fully saturated rings. The van der Waals surface area contributed by atoms with E-state index in [-0.39, 0.29) is 11.3 Å². The number of nitrogens with two attached hydrogens (primary N) is 1. The lowest BCUT2D eigenvalue weighted by Crippen LogP contribution is -2.24. The number of nitrogen functional groups attached to an aromatic ring is 1. The minimum atomic E-state index is 0.153. The van der Waals surface area contributed by atoms with Crippen molar-refractivity contribution >= 4 is 16.7 Å². The summed E-state index contributed by atoms with van der Waals surface area (Å²) in [5.41, 5.74) is 9.64. The molecule has 2 aromatic heterocycles. The van der Waals surface area contributed by atoms with Crippen molar-refractivity contribution in [2.24, 2.45) is 11.3 Å². The van der Waals surface area contributed by atoms with E-state index in [1.54, 1.807) is 0 Å². The average Bonchev–Trinajstić information content (AvgIpc) is 3.29. The first-order valence-electron chi connectivity index (χ1n) is 12.8. The number of rotatable bonds is 7. The molecule has 5 rings (SSSR count). The first-order chi connectivity index (χ1) is 17.3. The summed E-state index contributed by atoms with van der Waals surface area (Å²) < 4.78 is 17.5. The van der Waals surface area contributed by atoms with Crippen molar-refractivity contribution in [2.75, 3.05) is 18.9 Å². The van der Waals surface area contributed by atoms with Gasteiger partial charge in [-0.25, -0.2) is 4.98 Å². The van der Waals surface area contributed by atoms with Gasteiger partial charge in [0, 0.05) is 31.1 Å². The zero-order valence-corrected chi connectivity index (χ0v) is 21.4. The van der Waals surface area contributed by atoms with Gasteiger partial charge in [0.2, 0.25) is 0 Å². The number of ether oxygens (including phenoxy) is 2. The summed E-state index contributed by atoms with van der Waals surface area (Å²) in [5, 5.41) is 5.36. The number of aromatic nitrogens is 2. The molecule has 3 heterocycles. The summed E-state index contributed by atoms with van der Waals surface area (Å²) >= 11 is 0. The first-order valence-corrected chi connectivity index (χ1v) is 12.8.